The van der Waals surface area contributed by atoms with E-state index in [1.807, 2.05) is 50.2 Å². The molecule has 1 aliphatic carbocycles. The highest BCUT2D eigenvalue weighted by Crippen LogP contribution is 2.38. The number of aromatic nitrogens is 1. The van der Waals surface area contributed by atoms with Gasteiger partial charge in [-0.05, 0) is 63.3 Å². The molecule has 0 unspecified atom stereocenters. The summed E-state index contributed by atoms with van der Waals surface area (Å²) in [7, 11) is 0. The van der Waals surface area contributed by atoms with Crippen LogP contribution < -0.4 is 4.74 Å². The van der Waals surface area contributed by atoms with E-state index in [4.69, 9.17) is 14.1 Å². The minimum Gasteiger partial charge on any atom is -0.490 e. The third kappa shape index (κ3) is 3.86. The molecule has 1 atom stereocenters. The van der Waals surface area contributed by atoms with Gasteiger partial charge in [0.15, 0.2) is 5.76 Å². The third-order valence-electron chi connectivity index (χ3n) is 7.06. The van der Waals surface area contributed by atoms with Crippen LogP contribution in [0.15, 0.2) is 46.9 Å². The number of ether oxygens (including phenoxy) is 1. The topological polar surface area (TPSA) is 72.6 Å². The fourth-order valence-corrected chi connectivity index (χ4v) is 5.14. The van der Waals surface area contributed by atoms with E-state index >= 15 is 0 Å². The molecule has 170 valence electrons. The molecule has 2 heterocycles. The van der Waals surface area contributed by atoms with E-state index in [9.17, 15) is 9.90 Å². The van der Waals surface area contributed by atoms with Gasteiger partial charge in [0.25, 0.3) is 0 Å². The van der Waals surface area contributed by atoms with Crippen molar-refractivity contribution in [3.8, 4) is 17.2 Å². The standard InChI is InChI=1S/C28H29NO4/c1-16-13-14-24(32-18(3)19-9-5-4-6-10-19)25-21(28(30)31)15-22(29-26(16)25)27-17(2)20-11-7-8-12-23(20)33-27/h7-8,11-15,18-19H,4-6,9-10H2,1-3H3,(H,30,31)/t18-/m0/s1. The summed E-state index contributed by atoms with van der Waals surface area (Å²) in [6.07, 6.45) is 6.09. The number of carboxylic acid groups (broad SMARTS) is 1. The molecule has 4 aromatic rings. The SMILES string of the molecule is Cc1c(-c2cc(C(=O)O)c3c(O[C@@H](C)C4CCCCC4)ccc(C)c3n2)oc2ccccc12. The Hall–Kier alpha value is -3.34. The molecule has 0 saturated heterocycles. The molecule has 5 nitrogen and oxygen atoms in total. The highest BCUT2D eigenvalue weighted by atomic mass is 16.5. The first-order valence-corrected chi connectivity index (χ1v) is 11.8. The molecule has 0 spiro atoms. The Morgan fingerprint density at radius 3 is 2.61 bits per heavy atom. The van der Waals surface area contributed by atoms with Gasteiger partial charge in [-0.15, -0.1) is 0 Å². The predicted octanol–water partition coefficient (Wildman–Crippen LogP) is 7.31. The highest BCUT2D eigenvalue weighted by molar-refractivity contribution is 6.07. The summed E-state index contributed by atoms with van der Waals surface area (Å²) in [4.78, 5) is 17.3. The van der Waals surface area contributed by atoms with Crippen LogP contribution in [0.4, 0.5) is 0 Å². The average Bonchev–Trinajstić information content (AvgIpc) is 3.17. The molecule has 1 aliphatic rings. The fraction of sp³-hybridized carbons (Fsp3) is 0.357. The molecule has 5 rings (SSSR count). The zero-order chi connectivity index (χ0) is 23.1. The van der Waals surface area contributed by atoms with Crippen molar-refractivity contribution < 1.29 is 19.1 Å². The lowest BCUT2D eigenvalue weighted by atomic mass is 9.86. The van der Waals surface area contributed by atoms with Crippen LogP contribution in [0.2, 0.25) is 0 Å². The van der Waals surface area contributed by atoms with Crippen molar-refractivity contribution in [1.29, 1.82) is 0 Å². The first-order chi connectivity index (χ1) is 15.9. The van der Waals surface area contributed by atoms with Crippen LogP contribution in [0.5, 0.6) is 5.75 Å². The van der Waals surface area contributed by atoms with Crippen LogP contribution >= 0.6 is 0 Å². The molecular weight excluding hydrogens is 414 g/mol. The highest BCUT2D eigenvalue weighted by Gasteiger charge is 2.25. The number of rotatable bonds is 5. The Bertz CT molecular complexity index is 1350. The van der Waals surface area contributed by atoms with Crippen molar-refractivity contribution in [2.75, 3.05) is 0 Å². The number of para-hydroxylation sites is 1. The van der Waals surface area contributed by atoms with Crippen molar-refractivity contribution in [2.45, 2.75) is 59.0 Å². The number of hydrogen-bond acceptors (Lipinski definition) is 4. The molecule has 1 fully saturated rings. The van der Waals surface area contributed by atoms with Gasteiger partial charge in [-0.25, -0.2) is 9.78 Å². The molecule has 0 aliphatic heterocycles. The number of aromatic carboxylic acids is 1. The Labute approximate surface area is 193 Å². The maximum absolute atomic E-state index is 12.4. The second kappa shape index (κ2) is 8.54. The number of nitrogens with zero attached hydrogens (tertiary/aromatic N) is 1. The summed E-state index contributed by atoms with van der Waals surface area (Å²) in [6, 6.07) is 13.3. The van der Waals surface area contributed by atoms with E-state index in [-0.39, 0.29) is 11.7 Å². The molecule has 33 heavy (non-hydrogen) atoms. The van der Waals surface area contributed by atoms with Crippen LogP contribution in [0.25, 0.3) is 33.3 Å². The maximum Gasteiger partial charge on any atom is 0.336 e. The Kier molecular flexibility index (Phi) is 5.57. The van der Waals surface area contributed by atoms with E-state index in [1.165, 1.54) is 19.3 Å². The molecular formula is C28H29NO4. The van der Waals surface area contributed by atoms with Gasteiger partial charge in [0.2, 0.25) is 0 Å². The molecule has 1 N–H and O–H groups in total. The van der Waals surface area contributed by atoms with Gasteiger partial charge < -0.3 is 14.3 Å². The lowest BCUT2D eigenvalue weighted by Gasteiger charge is -2.28. The normalized spacial score (nSPS) is 15.7. The molecule has 1 saturated carbocycles. The van der Waals surface area contributed by atoms with Crippen molar-refractivity contribution in [3.05, 3.63) is 59.2 Å². The maximum atomic E-state index is 12.4. The van der Waals surface area contributed by atoms with Crippen molar-refractivity contribution >= 4 is 27.8 Å². The second-order valence-corrected chi connectivity index (χ2v) is 9.24. The second-order valence-electron chi connectivity index (χ2n) is 9.24. The fourth-order valence-electron chi connectivity index (χ4n) is 5.14. The van der Waals surface area contributed by atoms with Crippen LogP contribution in [0.1, 0.15) is 60.5 Å². The number of aryl methyl sites for hydroxylation is 2. The van der Waals surface area contributed by atoms with E-state index in [0.29, 0.717) is 34.0 Å². The summed E-state index contributed by atoms with van der Waals surface area (Å²) in [6.45, 7) is 6.03. The zero-order valence-electron chi connectivity index (χ0n) is 19.4. The Morgan fingerprint density at radius 1 is 1.12 bits per heavy atom. The van der Waals surface area contributed by atoms with Gasteiger partial charge in [-0.1, -0.05) is 43.5 Å². The quantitative estimate of drug-likeness (QED) is 0.350. The summed E-state index contributed by atoms with van der Waals surface area (Å²) in [5, 5.41) is 11.7. The smallest absolute Gasteiger partial charge is 0.336 e. The van der Waals surface area contributed by atoms with Gasteiger partial charge >= 0.3 is 5.97 Å². The third-order valence-corrected chi connectivity index (χ3v) is 7.06. The van der Waals surface area contributed by atoms with Gasteiger partial charge in [-0.2, -0.15) is 0 Å². The van der Waals surface area contributed by atoms with E-state index in [0.717, 1.165) is 34.9 Å². The van der Waals surface area contributed by atoms with Gasteiger partial charge in [0.1, 0.15) is 17.0 Å². The summed E-state index contributed by atoms with van der Waals surface area (Å²) < 4.78 is 12.5. The monoisotopic (exact) mass is 443 g/mol. The number of benzene rings is 2. The predicted molar refractivity (Wildman–Crippen MR) is 130 cm³/mol. The van der Waals surface area contributed by atoms with E-state index in [1.54, 1.807) is 6.07 Å². The molecule has 2 aromatic heterocycles. The van der Waals surface area contributed by atoms with Crippen LogP contribution in [-0.2, 0) is 0 Å². The minimum absolute atomic E-state index is 0.0233. The van der Waals surface area contributed by atoms with Crippen molar-refractivity contribution in [3.63, 3.8) is 0 Å². The summed E-state index contributed by atoms with van der Waals surface area (Å²) in [5.41, 5.74) is 3.96. The largest absolute Gasteiger partial charge is 0.490 e. The molecule has 2 aromatic carbocycles. The summed E-state index contributed by atoms with van der Waals surface area (Å²) in [5.74, 6) is 0.681. The zero-order valence-corrected chi connectivity index (χ0v) is 19.4. The lowest BCUT2D eigenvalue weighted by molar-refractivity contribution is 0.0698. The number of carboxylic acids is 1. The number of carbonyl (C=O) groups is 1. The average molecular weight is 444 g/mol. The number of furan rings is 1. The van der Waals surface area contributed by atoms with E-state index < -0.39 is 5.97 Å². The molecule has 5 heteroatoms. The van der Waals surface area contributed by atoms with Crippen molar-refractivity contribution in [2.24, 2.45) is 5.92 Å². The number of fused-ring (bicyclic) bond motifs is 2. The summed E-state index contributed by atoms with van der Waals surface area (Å²) >= 11 is 0. The van der Waals surface area contributed by atoms with Crippen molar-refractivity contribution in [1.82, 2.24) is 4.98 Å². The van der Waals surface area contributed by atoms with Gasteiger partial charge in [-0.3, -0.25) is 0 Å². The lowest BCUT2D eigenvalue weighted by Crippen LogP contribution is -2.26. The molecule has 0 bridgehead atoms. The molecule has 0 radical (unpaired) electrons. The van der Waals surface area contributed by atoms with Gasteiger partial charge in [0.05, 0.1) is 22.6 Å². The minimum atomic E-state index is -1.00. The Morgan fingerprint density at radius 2 is 1.88 bits per heavy atom. The first kappa shape index (κ1) is 21.5. The van der Waals surface area contributed by atoms with Gasteiger partial charge in [0, 0.05) is 10.9 Å². The number of pyridine rings is 1. The van der Waals surface area contributed by atoms with Crippen LogP contribution in [0, 0.1) is 19.8 Å². The molecule has 0 amide bonds. The number of hydrogen-bond donors (Lipinski definition) is 1. The van der Waals surface area contributed by atoms with Crippen LogP contribution in [0.3, 0.4) is 0 Å². The first-order valence-electron chi connectivity index (χ1n) is 11.8. The van der Waals surface area contributed by atoms with E-state index in [2.05, 4.69) is 6.92 Å². The Balaban J connectivity index is 1.65. The van der Waals surface area contributed by atoms with Crippen LogP contribution in [-0.4, -0.2) is 22.2 Å².